The lowest BCUT2D eigenvalue weighted by Gasteiger charge is -2.49. The van der Waals surface area contributed by atoms with Crippen LogP contribution < -0.4 is 14.5 Å². The Bertz CT molecular complexity index is 2190. The van der Waals surface area contributed by atoms with Crippen LogP contribution in [0.5, 0.6) is 11.5 Å². The molecule has 19 heteroatoms. The molecule has 3 fully saturated rings. The highest BCUT2D eigenvalue weighted by Gasteiger charge is 2.68. The van der Waals surface area contributed by atoms with Gasteiger partial charge in [-0.3, -0.25) is 19.2 Å². The fourth-order valence-electron chi connectivity index (χ4n) is 8.51. The Morgan fingerprint density at radius 2 is 1.42 bits per heavy atom. The lowest BCUT2D eigenvalue weighted by atomic mass is 9.51. The number of ether oxygens (including phenoxy) is 1. The number of anilines is 2. The number of rotatable bonds is 4. The molecule has 3 aromatic rings. The first kappa shape index (κ1) is 38.2. The molecule has 0 aromatic heterocycles. The molecule has 0 spiro atoms. The third-order valence-electron chi connectivity index (χ3n) is 10.8. The highest BCUT2D eigenvalue weighted by atomic mass is 35.5. The molecule has 2 heterocycles. The number of phenols is 1. The van der Waals surface area contributed by atoms with Gasteiger partial charge >= 0.3 is 18.7 Å². The smallest absolute Gasteiger partial charge is 0.508 e. The van der Waals surface area contributed by atoms with E-state index in [0.717, 1.165) is 36.4 Å². The first-order valence-corrected chi connectivity index (χ1v) is 16.6. The number of nitrogens with zero attached hydrogens (tertiary/aromatic N) is 2. The van der Waals surface area contributed by atoms with Crippen molar-refractivity contribution in [3.8, 4) is 11.5 Å². The minimum atomic E-state index is -5.33. The maximum Gasteiger partial charge on any atom is 0.573 e. The Morgan fingerprint density at radius 3 is 2.00 bits per heavy atom. The molecule has 0 bridgehead atoms. The van der Waals surface area contributed by atoms with Crippen LogP contribution in [0.3, 0.4) is 0 Å². The van der Waals surface area contributed by atoms with Crippen molar-refractivity contribution >= 4 is 46.6 Å². The number of alkyl halides is 9. The second kappa shape index (κ2) is 12.4. The van der Waals surface area contributed by atoms with Gasteiger partial charge in [-0.1, -0.05) is 23.3 Å². The molecule has 3 aromatic carbocycles. The number of carbonyl (C=O) groups is 4. The predicted octanol–water partition coefficient (Wildman–Crippen LogP) is 8.56. The van der Waals surface area contributed by atoms with Crippen LogP contribution in [-0.2, 0) is 31.5 Å². The summed E-state index contributed by atoms with van der Waals surface area (Å²) in [6.07, 6.45) is -15.3. The second-order valence-electron chi connectivity index (χ2n) is 13.8. The van der Waals surface area contributed by atoms with E-state index >= 15 is 0 Å². The van der Waals surface area contributed by atoms with Gasteiger partial charge in [0.2, 0.25) is 23.6 Å². The van der Waals surface area contributed by atoms with Gasteiger partial charge in [0.25, 0.3) is 0 Å². The highest BCUT2D eigenvalue weighted by molar-refractivity contribution is 6.32. The first-order chi connectivity index (χ1) is 25.4. The summed E-state index contributed by atoms with van der Waals surface area (Å²) in [5.74, 6) is -13.9. The lowest BCUT2D eigenvalue weighted by Crippen LogP contribution is -2.49. The van der Waals surface area contributed by atoms with Crippen LogP contribution in [0.4, 0.5) is 55.3 Å². The van der Waals surface area contributed by atoms with Crippen LogP contribution in [-0.4, -0.2) is 35.1 Å². The number of allylic oxidation sites excluding steroid dienone is 2. The summed E-state index contributed by atoms with van der Waals surface area (Å²) >= 11 is 5.94. The Kier molecular flexibility index (Phi) is 8.63. The van der Waals surface area contributed by atoms with E-state index in [1.165, 1.54) is 13.0 Å². The van der Waals surface area contributed by atoms with E-state index in [9.17, 15) is 68.2 Å². The number of carbonyl (C=O) groups excluding carboxylic acids is 4. The van der Waals surface area contributed by atoms with Gasteiger partial charge in [-0.25, -0.2) is 14.2 Å². The van der Waals surface area contributed by atoms with E-state index < -0.39 is 123 Å². The third kappa shape index (κ3) is 6.08. The zero-order valence-corrected chi connectivity index (χ0v) is 28.4. The molecule has 8 nitrogen and oxygen atoms in total. The summed E-state index contributed by atoms with van der Waals surface area (Å²) < 4.78 is 141. The Hall–Kier alpha value is -5.13. The Morgan fingerprint density at radius 1 is 0.782 bits per heavy atom. The number of fused-ring (bicyclic) bond motifs is 4. The molecule has 55 heavy (non-hydrogen) atoms. The summed E-state index contributed by atoms with van der Waals surface area (Å²) in [6, 6.07) is 5.53. The molecule has 0 radical (unpaired) electrons. The summed E-state index contributed by atoms with van der Waals surface area (Å²) in [7, 11) is 0. The van der Waals surface area contributed by atoms with E-state index in [1.807, 2.05) is 0 Å². The average Bonchev–Trinajstić information content (AvgIpc) is 3.45. The van der Waals surface area contributed by atoms with Gasteiger partial charge in [0.15, 0.2) is 0 Å². The Balaban J connectivity index is 1.38. The third-order valence-corrected chi connectivity index (χ3v) is 11.1. The van der Waals surface area contributed by atoms with Crippen molar-refractivity contribution in [1.82, 2.24) is 0 Å². The zero-order chi connectivity index (χ0) is 40.3. The van der Waals surface area contributed by atoms with Crippen molar-refractivity contribution in [3.63, 3.8) is 0 Å². The fraction of sp³-hybridized carbons (Fsp3) is 0.333. The number of halogens is 11. The minimum Gasteiger partial charge on any atom is -0.508 e. The quantitative estimate of drug-likeness (QED) is 0.161. The maximum absolute atomic E-state index is 14.5. The molecule has 7 rings (SSSR count). The topological polar surface area (TPSA) is 104 Å². The molecule has 0 unspecified atom stereocenters. The summed E-state index contributed by atoms with van der Waals surface area (Å²) in [4.78, 5) is 57.7. The SMILES string of the molecule is C[C@@]12C(=O)N(c3ccc(F)c(Cl)c3)C(=O)[C@@H]1C[C@@H]1C(=CC[C@@H]3C(=O)N(c4cc(C(F)(F)F)cc(C(F)(F)F)c4)C(=O)[C@@H]31)[C@@H]2c1cc(OC(F)(F)F)ccc1O. The number of aromatic hydroxyl groups is 1. The lowest BCUT2D eigenvalue weighted by molar-refractivity contribution is -0.274. The standard InChI is InChI=1S/C36H23ClF10N2O6/c1-33-23(30(52)49(32(33)54)16-2-6-25(38)24(37)11-16)13-21-19(28(33)22-12-18(3-7-26(22)50)55-36(45,46)47)4-5-20-27(21)31(53)48(29(20)51)17-9-14(34(39,40)41)8-15(10-17)35(42,43)44/h2-4,6-12,20-21,23,27-28,50H,5,13H2,1H3/t20-,21+,23-,27-,28+,33+/m0/s1. The van der Waals surface area contributed by atoms with Crippen molar-refractivity contribution < 1.29 is 72.9 Å². The van der Waals surface area contributed by atoms with E-state index in [1.54, 1.807) is 0 Å². The molecule has 6 atom stereocenters. The van der Waals surface area contributed by atoms with Gasteiger partial charge in [-0.05, 0) is 80.3 Å². The number of imide groups is 2. The van der Waals surface area contributed by atoms with E-state index in [4.69, 9.17) is 11.6 Å². The van der Waals surface area contributed by atoms with Crippen LogP contribution in [0, 0.1) is 34.9 Å². The molecule has 1 N–H and O–H groups in total. The highest BCUT2D eigenvalue weighted by Crippen LogP contribution is 2.65. The van der Waals surface area contributed by atoms with Gasteiger partial charge in [0.1, 0.15) is 17.3 Å². The van der Waals surface area contributed by atoms with Gasteiger partial charge < -0.3 is 9.84 Å². The number of amides is 4. The molecule has 2 saturated heterocycles. The zero-order valence-electron chi connectivity index (χ0n) is 27.6. The van der Waals surface area contributed by atoms with Crippen molar-refractivity contribution in [3.05, 3.63) is 93.8 Å². The second-order valence-corrected chi connectivity index (χ2v) is 14.2. The molecular formula is C36H23ClF10N2O6. The Labute approximate surface area is 307 Å². The van der Waals surface area contributed by atoms with Crippen LogP contribution in [0.25, 0.3) is 0 Å². The summed E-state index contributed by atoms with van der Waals surface area (Å²) in [6.45, 7) is 1.29. The largest absolute Gasteiger partial charge is 0.573 e. The average molecular weight is 805 g/mol. The number of benzene rings is 3. The molecule has 290 valence electrons. The van der Waals surface area contributed by atoms with Gasteiger partial charge in [0, 0.05) is 11.5 Å². The monoisotopic (exact) mass is 804 g/mol. The van der Waals surface area contributed by atoms with Crippen LogP contribution in [0.2, 0.25) is 5.02 Å². The van der Waals surface area contributed by atoms with Crippen LogP contribution in [0.1, 0.15) is 42.4 Å². The molecule has 4 aliphatic rings. The van der Waals surface area contributed by atoms with Crippen molar-refractivity contribution in [2.45, 2.75) is 44.4 Å². The van der Waals surface area contributed by atoms with Crippen LogP contribution >= 0.6 is 11.6 Å². The van der Waals surface area contributed by atoms with E-state index in [-0.39, 0.29) is 46.3 Å². The van der Waals surface area contributed by atoms with Gasteiger partial charge in [0.05, 0.1) is 50.7 Å². The number of hydrogen-bond acceptors (Lipinski definition) is 6. The fourth-order valence-corrected chi connectivity index (χ4v) is 8.69. The number of hydrogen-bond donors (Lipinski definition) is 1. The normalized spacial score (nSPS) is 26.9. The molecule has 2 aliphatic carbocycles. The summed E-state index contributed by atoms with van der Waals surface area (Å²) in [5, 5.41) is 10.6. The van der Waals surface area contributed by atoms with Crippen molar-refractivity contribution in [2.75, 3.05) is 9.80 Å². The number of phenolic OH excluding ortho intramolecular Hbond substituents is 1. The van der Waals surface area contributed by atoms with Crippen molar-refractivity contribution in [1.29, 1.82) is 0 Å². The van der Waals surface area contributed by atoms with E-state index in [2.05, 4.69) is 4.74 Å². The first-order valence-electron chi connectivity index (χ1n) is 16.2. The van der Waals surface area contributed by atoms with Gasteiger partial charge in [-0.15, -0.1) is 13.2 Å². The maximum atomic E-state index is 14.5. The molecule has 2 aliphatic heterocycles. The van der Waals surface area contributed by atoms with Gasteiger partial charge in [-0.2, -0.15) is 26.3 Å². The predicted molar refractivity (Wildman–Crippen MR) is 170 cm³/mol. The van der Waals surface area contributed by atoms with Crippen LogP contribution in [0.15, 0.2) is 66.2 Å². The van der Waals surface area contributed by atoms with Crippen molar-refractivity contribution in [2.24, 2.45) is 29.1 Å². The minimum absolute atomic E-state index is 0.0858. The summed E-state index contributed by atoms with van der Waals surface area (Å²) in [5.41, 5.74) is -7.07. The van der Waals surface area contributed by atoms with E-state index in [0.29, 0.717) is 4.90 Å². The molecule has 4 amide bonds. The molecule has 1 saturated carbocycles. The molecular weight excluding hydrogens is 782 g/mol.